The number of rotatable bonds is 5. The van der Waals surface area contributed by atoms with Crippen LogP contribution < -0.4 is 4.74 Å². The lowest BCUT2D eigenvalue weighted by atomic mass is 9.65. The smallest absolute Gasteiger partial charge is 0.164 e. The summed E-state index contributed by atoms with van der Waals surface area (Å²) in [6.07, 6.45) is 0. The van der Waals surface area contributed by atoms with Gasteiger partial charge in [0.15, 0.2) is 17.5 Å². The van der Waals surface area contributed by atoms with Crippen LogP contribution in [0.2, 0.25) is 0 Å². The Hall–Kier alpha value is -8.46. The molecule has 1 aromatic heterocycles. The molecule has 0 fully saturated rings. The van der Waals surface area contributed by atoms with Gasteiger partial charge >= 0.3 is 0 Å². The van der Waals surface area contributed by atoms with Crippen molar-refractivity contribution in [3.8, 4) is 85.1 Å². The zero-order chi connectivity index (χ0) is 41.2. The second-order valence-electron chi connectivity index (χ2n) is 15.8. The molecular weight excluding hydrogens is 757 g/mol. The number of hydrogen-bond donors (Lipinski definition) is 0. The van der Waals surface area contributed by atoms with Crippen molar-refractivity contribution in [2.75, 3.05) is 0 Å². The number of nitrogens with zero attached hydrogens (tertiary/aromatic N) is 4. The lowest BCUT2D eigenvalue weighted by Crippen LogP contribution is -2.32. The zero-order valence-corrected chi connectivity index (χ0v) is 33.3. The van der Waals surface area contributed by atoms with Gasteiger partial charge in [0, 0.05) is 27.8 Å². The summed E-state index contributed by atoms with van der Waals surface area (Å²) in [5.74, 6) is 3.57. The third kappa shape index (κ3) is 5.44. The fourth-order valence-electron chi connectivity index (χ4n) is 9.65. The summed E-state index contributed by atoms with van der Waals surface area (Å²) in [5, 5.41) is 12.0. The molecule has 9 aromatic carbocycles. The Morgan fingerprint density at radius 1 is 0.371 bits per heavy atom. The summed E-state index contributed by atoms with van der Waals surface area (Å²) < 4.78 is 6.72. The van der Waals surface area contributed by atoms with Crippen LogP contribution in [0.1, 0.15) is 27.8 Å². The van der Waals surface area contributed by atoms with E-state index in [4.69, 9.17) is 19.7 Å². The molecule has 12 rings (SSSR count). The molecule has 5 nitrogen and oxygen atoms in total. The number of nitriles is 1. The Kier molecular flexibility index (Phi) is 8.06. The predicted molar refractivity (Wildman–Crippen MR) is 247 cm³/mol. The summed E-state index contributed by atoms with van der Waals surface area (Å²) in [6, 6.07) is 74.0. The first-order valence-electron chi connectivity index (χ1n) is 20.7. The van der Waals surface area contributed by atoms with Gasteiger partial charge in [0.1, 0.15) is 11.5 Å². The molecule has 0 bridgehead atoms. The van der Waals surface area contributed by atoms with Crippen molar-refractivity contribution in [2.45, 2.75) is 5.41 Å². The molecule has 288 valence electrons. The van der Waals surface area contributed by atoms with Crippen LogP contribution in [-0.4, -0.2) is 15.0 Å². The number of para-hydroxylation sites is 2. The summed E-state index contributed by atoms with van der Waals surface area (Å²) in [6.45, 7) is 0. The number of aromatic nitrogens is 3. The van der Waals surface area contributed by atoms with E-state index in [2.05, 4.69) is 140 Å². The molecule has 0 atom stereocenters. The summed E-state index contributed by atoms with van der Waals surface area (Å²) in [4.78, 5) is 14.9. The molecule has 0 N–H and O–H groups in total. The summed E-state index contributed by atoms with van der Waals surface area (Å²) >= 11 is 0. The Balaban J connectivity index is 1.06. The van der Waals surface area contributed by atoms with E-state index in [1.165, 1.54) is 27.6 Å². The van der Waals surface area contributed by atoms with Gasteiger partial charge in [-0.15, -0.1) is 0 Å². The SMILES string of the molecule is N#Cc1ccc(-c2cc3c(c4ccccc24)-c2ccc(-c4ccc(-c5nc(-c6ccccc6)nc(-c6ccccc6)n5)cc4)cc2C32c3ccccc3Oc3ccccc32)cc1. The summed E-state index contributed by atoms with van der Waals surface area (Å²) in [5.41, 5.74) is 14.1. The quantitative estimate of drug-likeness (QED) is 0.174. The monoisotopic (exact) mass is 790 g/mol. The van der Waals surface area contributed by atoms with E-state index in [0.717, 1.165) is 67.0 Å². The Morgan fingerprint density at radius 2 is 0.855 bits per heavy atom. The maximum atomic E-state index is 9.65. The van der Waals surface area contributed by atoms with Gasteiger partial charge < -0.3 is 4.74 Å². The Labute approximate surface area is 358 Å². The average Bonchev–Trinajstić information content (AvgIpc) is 3.64. The van der Waals surface area contributed by atoms with E-state index in [0.29, 0.717) is 23.0 Å². The molecule has 10 aromatic rings. The lowest BCUT2D eigenvalue weighted by molar-refractivity contribution is 0.436. The van der Waals surface area contributed by atoms with Crippen LogP contribution in [0.25, 0.3) is 78.3 Å². The highest BCUT2D eigenvalue weighted by Crippen LogP contribution is 2.64. The van der Waals surface area contributed by atoms with Crippen LogP contribution >= 0.6 is 0 Å². The van der Waals surface area contributed by atoms with Crippen molar-refractivity contribution >= 4 is 10.8 Å². The molecule has 0 radical (unpaired) electrons. The van der Waals surface area contributed by atoms with Crippen LogP contribution in [-0.2, 0) is 5.41 Å². The molecule has 62 heavy (non-hydrogen) atoms. The highest BCUT2D eigenvalue weighted by Gasteiger charge is 2.52. The molecule has 1 aliphatic carbocycles. The van der Waals surface area contributed by atoms with Crippen LogP contribution in [0.3, 0.4) is 0 Å². The maximum Gasteiger partial charge on any atom is 0.164 e. The van der Waals surface area contributed by atoms with Crippen molar-refractivity contribution in [3.63, 3.8) is 0 Å². The fraction of sp³-hybridized carbons (Fsp3) is 0.0175. The topological polar surface area (TPSA) is 71.7 Å². The predicted octanol–water partition coefficient (Wildman–Crippen LogP) is 13.7. The minimum absolute atomic E-state index is 0.618. The second-order valence-corrected chi connectivity index (χ2v) is 15.8. The minimum atomic E-state index is -0.690. The van der Waals surface area contributed by atoms with Crippen LogP contribution in [0, 0.1) is 11.3 Å². The molecule has 5 heteroatoms. The normalized spacial score (nSPS) is 12.8. The first-order valence-corrected chi connectivity index (χ1v) is 20.7. The van der Waals surface area contributed by atoms with E-state index < -0.39 is 5.41 Å². The average molecular weight is 791 g/mol. The third-order valence-electron chi connectivity index (χ3n) is 12.4. The van der Waals surface area contributed by atoms with Gasteiger partial charge in [-0.25, -0.2) is 15.0 Å². The minimum Gasteiger partial charge on any atom is -0.457 e. The zero-order valence-electron chi connectivity index (χ0n) is 33.3. The van der Waals surface area contributed by atoms with Gasteiger partial charge in [-0.05, 0) is 91.7 Å². The van der Waals surface area contributed by atoms with Gasteiger partial charge in [-0.2, -0.15) is 5.26 Å². The van der Waals surface area contributed by atoms with Crippen molar-refractivity contribution in [1.29, 1.82) is 5.26 Å². The van der Waals surface area contributed by atoms with E-state index in [1.807, 2.05) is 72.8 Å². The highest BCUT2D eigenvalue weighted by atomic mass is 16.5. The van der Waals surface area contributed by atoms with E-state index in [1.54, 1.807) is 0 Å². The first-order chi connectivity index (χ1) is 30.7. The molecule has 0 saturated carbocycles. The largest absolute Gasteiger partial charge is 0.457 e. The summed E-state index contributed by atoms with van der Waals surface area (Å²) in [7, 11) is 0. The molecular formula is C57H34N4O. The second kappa shape index (κ2) is 14.1. The van der Waals surface area contributed by atoms with Crippen molar-refractivity contribution < 1.29 is 4.74 Å². The lowest BCUT2D eigenvalue weighted by Gasteiger charge is -2.39. The van der Waals surface area contributed by atoms with E-state index in [-0.39, 0.29) is 0 Å². The Bertz CT molecular complexity index is 3320. The standard InChI is InChI=1S/C57H34N4O/c58-35-36-23-25-38(26-24-36)46-34-50-53(44-18-8-7-17-43(44)46)45-32-31-42(33-49(45)57(50)47-19-9-11-21-51(47)62-52-22-12-10-20-48(52)57)37-27-29-41(30-28-37)56-60-54(39-13-3-1-4-14-39)59-55(61-56)40-15-5-2-6-16-40/h1-34H. The van der Waals surface area contributed by atoms with Gasteiger partial charge in [-0.1, -0.05) is 170 Å². The van der Waals surface area contributed by atoms with Crippen LogP contribution in [0.15, 0.2) is 206 Å². The molecule has 0 amide bonds. The van der Waals surface area contributed by atoms with Crippen LogP contribution in [0.5, 0.6) is 11.5 Å². The molecule has 2 aliphatic rings. The number of ether oxygens (including phenoxy) is 1. The molecule has 0 saturated heterocycles. The molecule has 1 spiro atoms. The number of hydrogen-bond acceptors (Lipinski definition) is 5. The maximum absolute atomic E-state index is 9.65. The van der Waals surface area contributed by atoms with Crippen LogP contribution in [0.4, 0.5) is 0 Å². The first kappa shape index (κ1) is 35.5. The van der Waals surface area contributed by atoms with Gasteiger partial charge in [0.25, 0.3) is 0 Å². The highest BCUT2D eigenvalue weighted by molar-refractivity contribution is 6.10. The number of benzene rings is 9. The number of fused-ring (bicyclic) bond motifs is 11. The Morgan fingerprint density at radius 3 is 1.45 bits per heavy atom. The van der Waals surface area contributed by atoms with E-state index >= 15 is 0 Å². The van der Waals surface area contributed by atoms with Crippen molar-refractivity contribution in [3.05, 3.63) is 234 Å². The van der Waals surface area contributed by atoms with Gasteiger partial charge in [0.2, 0.25) is 0 Å². The van der Waals surface area contributed by atoms with Crippen molar-refractivity contribution in [1.82, 2.24) is 15.0 Å². The molecule has 1 aliphatic heterocycles. The van der Waals surface area contributed by atoms with Gasteiger partial charge in [-0.3, -0.25) is 0 Å². The molecule has 2 heterocycles. The van der Waals surface area contributed by atoms with Crippen molar-refractivity contribution in [2.24, 2.45) is 0 Å². The molecule has 0 unspecified atom stereocenters. The third-order valence-corrected chi connectivity index (χ3v) is 12.4. The van der Waals surface area contributed by atoms with E-state index in [9.17, 15) is 5.26 Å². The van der Waals surface area contributed by atoms with Gasteiger partial charge in [0.05, 0.1) is 17.0 Å². The fourth-order valence-corrected chi connectivity index (χ4v) is 9.65.